The summed E-state index contributed by atoms with van der Waals surface area (Å²) in [5.41, 5.74) is -0.672. The van der Waals surface area contributed by atoms with E-state index in [0.29, 0.717) is 29.4 Å². The number of rotatable bonds is 3. The highest BCUT2D eigenvalue weighted by molar-refractivity contribution is 6.03. The quantitative estimate of drug-likeness (QED) is 0.452. The topological polar surface area (TPSA) is 82.2 Å². The van der Waals surface area contributed by atoms with E-state index in [1.165, 1.54) is 6.92 Å². The third-order valence-corrected chi connectivity index (χ3v) is 9.19. The van der Waals surface area contributed by atoms with Gasteiger partial charge in [0.25, 0.3) is 0 Å². The van der Waals surface area contributed by atoms with Gasteiger partial charge in [-0.05, 0) is 67.6 Å². The lowest BCUT2D eigenvalue weighted by Gasteiger charge is -2.35. The van der Waals surface area contributed by atoms with Crippen molar-refractivity contribution in [1.29, 1.82) is 0 Å². The highest BCUT2D eigenvalue weighted by Crippen LogP contribution is 2.64. The van der Waals surface area contributed by atoms with Gasteiger partial charge in [-0.2, -0.15) is 0 Å². The summed E-state index contributed by atoms with van der Waals surface area (Å²) in [5.74, 6) is -1.11. The number of hydrogen-bond acceptors (Lipinski definition) is 6. The maximum absolute atomic E-state index is 14.2. The van der Waals surface area contributed by atoms with Crippen LogP contribution >= 0.6 is 0 Å². The maximum atomic E-state index is 14.2. The third-order valence-electron chi connectivity index (χ3n) is 9.19. The normalized spacial score (nSPS) is 42.8. The van der Waals surface area contributed by atoms with E-state index in [2.05, 4.69) is 26.8 Å². The summed E-state index contributed by atoms with van der Waals surface area (Å²) in [6.07, 6.45) is 3.28. The molecule has 2 saturated carbocycles. The SMILES string of the molecule is CC(=O)O[C@]12C[C@H](C)[C@H](OC(=O)c3ccccc3)[C@@H]1[C@@H]1O[C@@]1(C)CC[C@H]1[C@@H](/C=C(\C)C2=O)C1(C)C. The van der Waals surface area contributed by atoms with Gasteiger partial charge >= 0.3 is 11.9 Å². The smallest absolute Gasteiger partial charge is 0.338 e. The zero-order valence-corrected chi connectivity index (χ0v) is 21.5. The van der Waals surface area contributed by atoms with Gasteiger partial charge < -0.3 is 14.2 Å². The molecule has 0 aromatic heterocycles. The van der Waals surface area contributed by atoms with Gasteiger partial charge in [0.1, 0.15) is 6.10 Å². The third kappa shape index (κ3) is 3.85. The standard InChI is InChI=1S/C29H36O6/c1-16-14-21-20(27(21,4)5)12-13-28(6)25(35-28)22-23(33-26(32)19-10-8-7-9-11-19)17(2)15-29(22,24(16)31)34-18(3)30/h7-11,14,17,20-23,25H,12-13,15H2,1-6H3/b16-14+/t17-,20-,21+,22+,23-,25-,28-,29+/m0/s1. The molecule has 0 spiro atoms. The van der Waals surface area contributed by atoms with Crippen molar-refractivity contribution in [2.45, 2.75) is 84.2 Å². The number of fused-ring (bicyclic) bond motifs is 4. The van der Waals surface area contributed by atoms with E-state index in [1.807, 2.05) is 19.9 Å². The highest BCUT2D eigenvalue weighted by Gasteiger charge is 2.72. The van der Waals surface area contributed by atoms with Crippen LogP contribution in [0.15, 0.2) is 42.0 Å². The molecule has 5 rings (SSSR count). The minimum atomic E-state index is -1.42. The van der Waals surface area contributed by atoms with Crippen LogP contribution in [0.4, 0.5) is 0 Å². The summed E-state index contributed by atoms with van der Waals surface area (Å²) in [5, 5.41) is 0. The molecule has 3 fully saturated rings. The first-order valence-electron chi connectivity index (χ1n) is 12.8. The lowest BCUT2D eigenvalue weighted by molar-refractivity contribution is -0.171. The number of allylic oxidation sites excluding steroid dienone is 1. The molecule has 3 aliphatic carbocycles. The van der Waals surface area contributed by atoms with Gasteiger partial charge in [-0.1, -0.05) is 45.0 Å². The first-order valence-corrected chi connectivity index (χ1v) is 12.8. The molecule has 1 aromatic rings. The fourth-order valence-corrected chi connectivity index (χ4v) is 7.08. The zero-order chi connectivity index (χ0) is 25.3. The first-order chi connectivity index (χ1) is 16.4. The van der Waals surface area contributed by atoms with Gasteiger partial charge in [-0.25, -0.2) is 4.79 Å². The van der Waals surface area contributed by atoms with Crippen LogP contribution < -0.4 is 0 Å². The molecule has 1 aromatic carbocycles. The molecule has 1 saturated heterocycles. The number of Topliss-reactive ketones (excluding diaryl/α,β-unsaturated/α-hetero) is 1. The Morgan fingerprint density at radius 1 is 1.11 bits per heavy atom. The number of esters is 2. The first kappa shape index (κ1) is 24.2. The molecule has 0 N–H and O–H groups in total. The Morgan fingerprint density at radius 3 is 2.46 bits per heavy atom. The predicted octanol–water partition coefficient (Wildman–Crippen LogP) is 4.91. The van der Waals surface area contributed by atoms with Crippen LogP contribution in [0.1, 0.15) is 71.2 Å². The molecular weight excluding hydrogens is 444 g/mol. The fourth-order valence-electron chi connectivity index (χ4n) is 7.08. The summed E-state index contributed by atoms with van der Waals surface area (Å²) in [6.45, 7) is 11.7. The van der Waals surface area contributed by atoms with Crippen molar-refractivity contribution in [2.24, 2.45) is 29.1 Å². The molecule has 1 heterocycles. The number of epoxide rings is 1. The van der Waals surface area contributed by atoms with E-state index in [4.69, 9.17) is 14.2 Å². The highest BCUT2D eigenvalue weighted by atomic mass is 16.6. The van der Waals surface area contributed by atoms with Crippen LogP contribution in [0.25, 0.3) is 0 Å². The predicted molar refractivity (Wildman–Crippen MR) is 129 cm³/mol. The maximum Gasteiger partial charge on any atom is 0.338 e. The van der Waals surface area contributed by atoms with Crippen LogP contribution in [0.5, 0.6) is 0 Å². The van der Waals surface area contributed by atoms with Gasteiger partial charge in [0.2, 0.25) is 5.78 Å². The average Bonchev–Trinajstić information content (AvgIpc) is 3.56. The molecule has 8 atom stereocenters. The van der Waals surface area contributed by atoms with Crippen molar-refractivity contribution >= 4 is 17.7 Å². The molecule has 6 nitrogen and oxygen atoms in total. The number of carbonyl (C=O) groups is 3. The largest absolute Gasteiger partial charge is 0.458 e. The summed E-state index contributed by atoms with van der Waals surface area (Å²) >= 11 is 0. The van der Waals surface area contributed by atoms with Gasteiger partial charge in [0.15, 0.2) is 5.60 Å². The fraction of sp³-hybridized carbons (Fsp3) is 0.621. The lowest BCUT2D eigenvalue weighted by atomic mass is 9.77. The Bertz CT molecular complexity index is 1090. The molecule has 188 valence electrons. The van der Waals surface area contributed by atoms with Crippen LogP contribution in [0.2, 0.25) is 0 Å². The van der Waals surface area contributed by atoms with Gasteiger partial charge in [0.05, 0.1) is 23.2 Å². The Kier molecular flexibility index (Phi) is 5.55. The van der Waals surface area contributed by atoms with Crippen molar-refractivity contribution < 1.29 is 28.6 Å². The van der Waals surface area contributed by atoms with Crippen molar-refractivity contribution in [1.82, 2.24) is 0 Å². The summed E-state index contributed by atoms with van der Waals surface area (Å²) in [6, 6.07) is 8.84. The van der Waals surface area contributed by atoms with Gasteiger partial charge in [-0.3, -0.25) is 9.59 Å². The van der Waals surface area contributed by atoms with E-state index in [-0.39, 0.29) is 23.2 Å². The Hall–Kier alpha value is -2.47. The van der Waals surface area contributed by atoms with Crippen molar-refractivity contribution in [3.8, 4) is 0 Å². The average molecular weight is 481 g/mol. The monoisotopic (exact) mass is 480 g/mol. The number of benzene rings is 1. The summed E-state index contributed by atoms with van der Waals surface area (Å²) in [7, 11) is 0. The molecule has 0 unspecified atom stereocenters. The molecule has 0 bridgehead atoms. The van der Waals surface area contributed by atoms with Gasteiger partial charge in [0, 0.05) is 13.3 Å². The molecular formula is C29H36O6. The minimum absolute atomic E-state index is 0.131. The van der Waals surface area contributed by atoms with E-state index in [1.54, 1.807) is 24.3 Å². The lowest BCUT2D eigenvalue weighted by Crippen LogP contribution is -2.52. The second-order valence-electron chi connectivity index (χ2n) is 11.9. The van der Waals surface area contributed by atoms with Crippen LogP contribution in [0.3, 0.4) is 0 Å². The van der Waals surface area contributed by atoms with Crippen molar-refractivity contribution in [3.05, 3.63) is 47.5 Å². The number of ether oxygens (including phenoxy) is 3. The second-order valence-corrected chi connectivity index (χ2v) is 11.9. The number of hydrogen-bond donors (Lipinski definition) is 0. The minimum Gasteiger partial charge on any atom is -0.458 e. The summed E-state index contributed by atoms with van der Waals surface area (Å²) in [4.78, 5) is 39.7. The molecule has 0 radical (unpaired) electrons. The molecule has 6 heteroatoms. The van der Waals surface area contributed by atoms with E-state index >= 15 is 0 Å². The van der Waals surface area contributed by atoms with Crippen LogP contribution in [-0.2, 0) is 23.8 Å². The molecule has 4 aliphatic rings. The van der Waals surface area contributed by atoms with Crippen LogP contribution in [-0.4, -0.2) is 41.1 Å². The number of ketones is 1. The van der Waals surface area contributed by atoms with E-state index < -0.39 is 35.2 Å². The molecule has 35 heavy (non-hydrogen) atoms. The van der Waals surface area contributed by atoms with Crippen LogP contribution in [0, 0.1) is 29.1 Å². The summed E-state index contributed by atoms with van der Waals surface area (Å²) < 4.78 is 18.4. The number of carbonyl (C=O) groups excluding carboxylic acids is 3. The molecule has 0 amide bonds. The van der Waals surface area contributed by atoms with Crippen molar-refractivity contribution in [2.75, 3.05) is 0 Å². The Balaban J connectivity index is 1.57. The Labute approximate surface area is 207 Å². The van der Waals surface area contributed by atoms with Gasteiger partial charge in [-0.15, -0.1) is 0 Å². The zero-order valence-electron chi connectivity index (χ0n) is 21.5. The van der Waals surface area contributed by atoms with Crippen molar-refractivity contribution in [3.63, 3.8) is 0 Å². The second kappa shape index (κ2) is 8.02. The van der Waals surface area contributed by atoms with E-state index in [9.17, 15) is 14.4 Å². The Morgan fingerprint density at radius 2 is 1.80 bits per heavy atom. The van der Waals surface area contributed by atoms with E-state index in [0.717, 1.165) is 12.8 Å². The molecule has 1 aliphatic heterocycles.